The van der Waals surface area contributed by atoms with Crippen LogP contribution in [0.2, 0.25) is 0 Å². The molecule has 1 rings (SSSR count). The normalized spacial score (nSPS) is 8.90. The number of methoxy groups -OCH3 is 1. The van der Waals surface area contributed by atoms with E-state index in [1.807, 2.05) is 20.8 Å². The van der Waals surface area contributed by atoms with Crippen LogP contribution < -0.4 is 0 Å². The highest BCUT2D eigenvalue weighted by Crippen LogP contribution is 2.14. The molecular formula is C15H21F3O3. The average Bonchev–Trinajstić information content (AvgIpc) is 2.47. The largest absolute Gasteiger partial charge is 0.385 e. The summed E-state index contributed by atoms with van der Waals surface area (Å²) in [5.41, 5.74) is -0.249. The number of halogens is 3. The maximum absolute atomic E-state index is 13.0. The first-order valence-electron chi connectivity index (χ1n) is 6.53. The molecule has 0 fully saturated rings. The van der Waals surface area contributed by atoms with Gasteiger partial charge in [-0.3, -0.25) is 4.79 Å². The van der Waals surface area contributed by atoms with Crippen molar-refractivity contribution >= 4 is 12.1 Å². The van der Waals surface area contributed by atoms with Gasteiger partial charge >= 0.3 is 0 Å². The molecule has 0 amide bonds. The zero-order valence-electron chi connectivity index (χ0n) is 12.7. The van der Waals surface area contributed by atoms with Crippen molar-refractivity contribution in [1.82, 2.24) is 0 Å². The molecule has 0 heterocycles. The Bertz CT molecular complexity index is 432. The van der Waals surface area contributed by atoms with E-state index < -0.39 is 29.7 Å². The molecule has 0 N–H and O–H groups in total. The smallest absolute Gasteiger partial charge is 0.161 e. The second-order valence-electron chi connectivity index (χ2n) is 3.52. The number of hydrogen-bond acceptors (Lipinski definition) is 3. The van der Waals surface area contributed by atoms with Crippen LogP contribution in [-0.2, 0) is 20.7 Å². The number of benzene rings is 1. The van der Waals surface area contributed by atoms with E-state index in [-0.39, 0.29) is 12.0 Å². The summed E-state index contributed by atoms with van der Waals surface area (Å²) in [6, 6.07) is 0.992. The third kappa shape index (κ3) is 9.79. The first-order valence-corrected chi connectivity index (χ1v) is 6.53. The van der Waals surface area contributed by atoms with Crippen molar-refractivity contribution in [2.75, 3.05) is 13.7 Å². The van der Waals surface area contributed by atoms with Gasteiger partial charge in [0.15, 0.2) is 11.6 Å². The molecule has 1 aromatic rings. The SMILES string of the molecule is CC.CCOC.O=CCC(=O)Cc1cc(F)c(F)cc1F. The Balaban J connectivity index is 0. The van der Waals surface area contributed by atoms with E-state index in [1.165, 1.54) is 0 Å². The topological polar surface area (TPSA) is 43.4 Å². The number of hydrogen-bond donors (Lipinski definition) is 0. The van der Waals surface area contributed by atoms with Gasteiger partial charge in [0.1, 0.15) is 17.9 Å². The molecular weight excluding hydrogens is 285 g/mol. The Kier molecular flexibility index (Phi) is 13.7. The lowest BCUT2D eigenvalue weighted by atomic mass is 10.1. The Morgan fingerprint density at radius 3 is 2.05 bits per heavy atom. The Labute approximate surface area is 123 Å². The molecule has 0 atom stereocenters. The van der Waals surface area contributed by atoms with Crippen molar-refractivity contribution in [2.24, 2.45) is 0 Å². The Morgan fingerprint density at radius 1 is 1.14 bits per heavy atom. The molecule has 0 aliphatic heterocycles. The molecule has 21 heavy (non-hydrogen) atoms. The number of aldehydes is 1. The number of ether oxygens (including phenoxy) is 1. The fraction of sp³-hybridized carbons (Fsp3) is 0.467. The van der Waals surface area contributed by atoms with Crippen molar-refractivity contribution in [2.45, 2.75) is 33.6 Å². The minimum Gasteiger partial charge on any atom is -0.385 e. The van der Waals surface area contributed by atoms with Crippen LogP contribution in [0.15, 0.2) is 12.1 Å². The first kappa shape index (κ1) is 21.6. The number of Topliss-reactive ketones (excluding diaryl/α,β-unsaturated/α-hetero) is 1. The lowest BCUT2D eigenvalue weighted by Gasteiger charge is -2.02. The summed E-state index contributed by atoms with van der Waals surface area (Å²) in [7, 11) is 1.68. The van der Waals surface area contributed by atoms with Crippen LogP contribution >= 0.6 is 0 Å². The lowest BCUT2D eigenvalue weighted by Crippen LogP contribution is -2.06. The number of rotatable bonds is 5. The summed E-state index contributed by atoms with van der Waals surface area (Å²) < 4.78 is 42.7. The van der Waals surface area contributed by atoms with Gasteiger partial charge in [-0.2, -0.15) is 0 Å². The van der Waals surface area contributed by atoms with Gasteiger partial charge < -0.3 is 9.53 Å². The fourth-order valence-corrected chi connectivity index (χ4v) is 1.08. The average molecular weight is 306 g/mol. The summed E-state index contributed by atoms with van der Waals surface area (Å²) in [6.45, 7) is 6.78. The van der Waals surface area contributed by atoms with E-state index in [9.17, 15) is 22.8 Å². The van der Waals surface area contributed by atoms with E-state index in [0.29, 0.717) is 18.4 Å². The van der Waals surface area contributed by atoms with Gasteiger partial charge in [-0.1, -0.05) is 13.8 Å². The summed E-state index contributed by atoms with van der Waals surface area (Å²) in [5, 5.41) is 0. The van der Waals surface area contributed by atoms with Gasteiger partial charge in [0.25, 0.3) is 0 Å². The molecule has 0 saturated carbocycles. The van der Waals surface area contributed by atoms with Crippen LogP contribution in [0.4, 0.5) is 13.2 Å². The Morgan fingerprint density at radius 2 is 1.62 bits per heavy atom. The highest BCUT2D eigenvalue weighted by molar-refractivity contribution is 5.91. The third-order valence-corrected chi connectivity index (χ3v) is 2.08. The Hall–Kier alpha value is -1.69. The van der Waals surface area contributed by atoms with Crippen molar-refractivity contribution < 1.29 is 27.5 Å². The quantitative estimate of drug-likeness (QED) is 0.475. The number of ketones is 1. The summed E-state index contributed by atoms with van der Waals surface area (Å²) in [5.74, 6) is -4.06. The van der Waals surface area contributed by atoms with Gasteiger partial charge in [0.05, 0.1) is 6.42 Å². The molecule has 1 aromatic carbocycles. The summed E-state index contributed by atoms with van der Waals surface area (Å²) in [6.07, 6.45) is -0.402. The first-order chi connectivity index (χ1) is 9.96. The minimum absolute atomic E-state index is 0.249. The summed E-state index contributed by atoms with van der Waals surface area (Å²) in [4.78, 5) is 20.9. The van der Waals surface area contributed by atoms with Crippen LogP contribution in [0.5, 0.6) is 0 Å². The van der Waals surface area contributed by atoms with Crippen LogP contribution in [0, 0.1) is 17.5 Å². The predicted octanol–water partition coefficient (Wildman–Crippen LogP) is 3.48. The highest BCUT2D eigenvalue weighted by atomic mass is 19.2. The van der Waals surface area contributed by atoms with Crippen LogP contribution in [-0.4, -0.2) is 25.8 Å². The van der Waals surface area contributed by atoms with Crippen molar-refractivity contribution in [3.05, 3.63) is 35.1 Å². The standard InChI is InChI=1S/C10H7F3O2.C3H8O.C2H6/c11-8-5-10(13)9(12)4-6(8)3-7(15)1-2-14;1-3-4-2;1-2/h2,4-5H,1,3H2;3H2,1-2H3;1-2H3. The molecule has 0 spiro atoms. The van der Waals surface area contributed by atoms with Gasteiger partial charge in [0.2, 0.25) is 0 Å². The van der Waals surface area contributed by atoms with Crippen LogP contribution in [0.3, 0.4) is 0 Å². The molecule has 0 radical (unpaired) electrons. The lowest BCUT2D eigenvalue weighted by molar-refractivity contribution is -0.121. The fourth-order valence-electron chi connectivity index (χ4n) is 1.08. The predicted molar refractivity (Wildman–Crippen MR) is 74.6 cm³/mol. The molecule has 0 saturated heterocycles. The molecule has 0 aliphatic carbocycles. The van der Waals surface area contributed by atoms with E-state index in [2.05, 4.69) is 4.74 Å². The summed E-state index contributed by atoms with van der Waals surface area (Å²) >= 11 is 0. The zero-order chi connectivity index (χ0) is 16.8. The monoisotopic (exact) mass is 306 g/mol. The third-order valence-electron chi connectivity index (χ3n) is 2.08. The van der Waals surface area contributed by atoms with Crippen molar-refractivity contribution in [1.29, 1.82) is 0 Å². The molecule has 0 aliphatic rings. The molecule has 120 valence electrons. The van der Waals surface area contributed by atoms with Gasteiger partial charge in [-0.25, -0.2) is 13.2 Å². The van der Waals surface area contributed by atoms with Crippen LogP contribution in [0.25, 0.3) is 0 Å². The molecule has 3 nitrogen and oxygen atoms in total. The second-order valence-corrected chi connectivity index (χ2v) is 3.52. The van der Waals surface area contributed by atoms with Gasteiger partial charge in [-0.05, 0) is 18.6 Å². The number of carbonyl (C=O) groups excluding carboxylic acids is 2. The molecule has 0 aromatic heterocycles. The maximum Gasteiger partial charge on any atom is 0.161 e. The molecule has 6 heteroatoms. The number of carbonyl (C=O) groups is 2. The van der Waals surface area contributed by atoms with E-state index in [4.69, 9.17) is 0 Å². The van der Waals surface area contributed by atoms with E-state index >= 15 is 0 Å². The molecule has 0 bridgehead atoms. The minimum atomic E-state index is -1.31. The van der Waals surface area contributed by atoms with E-state index in [1.54, 1.807) is 7.11 Å². The molecule has 0 unspecified atom stereocenters. The second kappa shape index (κ2) is 13.3. The maximum atomic E-state index is 13.0. The van der Waals surface area contributed by atoms with Gasteiger partial charge in [-0.15, -0.1) is 0 Å². The van der Waals surface area contributed by atoms with Crippen LogP contribution in [0.1, 0.15) is 32.8 Å². The van der Waals surface area contributed by atoms with Crippen molar-refractivity contribution in [3.8, 4) is 0 Å². The van der Waals surface area contributed by atoms with E-state index in [0.717, 1.165) is 6.61 Å². The van der Waals surface area contributed by atoms with Crippen molar-refractivity contribution in [3.63, 3.8) is 0 Å². The van der Waals surface area contributed by atoms with Gasteiger partial charge in [0, 0.05) is 26.2 Å². The zero-order valence-corrected chi connectivity index (χ0v) is 12.7. The highest BCUT2D eigenvalue weighted by Gasteiger charge is 2.12.